The molecule has 0 saturated heterocycles. The van der Waals surface area contributed by atoms with Crippen molar-refractivity contribution < 1.29 is 14.4 Å². The number of carbonyl (C=O) groups excluding carboxylic acids is 3. The van der Waals surface area contributed by atoms with Gasteiger partial charge in [-0.3, -0.25) is 14.4 Å². The third-order valence-electron chi connectivity index (χ3n) is 13.5. The minimum atomic E-state index is -0.649. The molecule has 5 aliphatic carbocycles. The van der Waals surface area contributed by atoms with E-state index in [1.165, 1.54) is 0 Å². The first-order valence-corrected chi connectivity index (χ1v) is 15.2. The molecule has 5 aliphatic rings. The summed E-state index contributed by atoms with van der Waals surface area (Å²) in [5, 5.41) is 9.92. The number of rotatable bonds is 2. The zero-order valence-electron chi connectivity index (χ0n) is 25.6. The molecule has 0 aromatic carbocycles. The quantitative estimate of drug-likeness (QED) is 0.404. The Kier molecular flexibility index (Phi) is 6.27. The van der Waals surface area contributed by atoms with Gasteiger partial charge in [0.05, 0.1) is 5.57 Å². The Hall–Kier alpha value is -2.22. The molecule has 0 unspecified atom stereocenters. The van der Waals surface area contributed by atoms with Crippen LogP contribution in [0.25, 0.3) is 0 Å². The maximum Gasteiger partial charge on any atom is 0.219 e. The molecular formula is C34H48N2O3. The van der Waals surface area contributed by atoms with Crippen molar-refractivity contribution >= 4 is 17.5 Å². The molecule has 0 aromatic heterocycles. The summed E-state index contributed by atoms with van der Waals surface area (Å²) in [7, 11) is 1.92. The Bertz CT molecular complexity index is 1240. The summed E-state index contributed by atoms with van der Waals surface area (Å²) in [6.07, 6.45) is 9.95. The van der Waals surface area contributed by atoms with E-state index >= 15 is 0 Å². The highest BCUT2D eigenvalue weighted by atomic mass is 16.2. The standard InChI is InChI=1S/C34H48N2O3/c1-20-10-13-34(19-36(9)22(3)37)15-14-33(8)28(27(34)21(20)2)24(38)16-26-31(6)17-23(18-35)29(39)30(4,5)25(31)11-12-32(26,33)7/h16-17,20-21,25,27-28H,10-15,19H2,1-9H3/t20-,21+,25+,27+,28-,31+,32-,33-,34-/m1/s1. The van der Waals surface area contributed by atoms with Gasteiger partial charge in [-0.2, -0.15) is 5.26 Å². The summed E-state index contributed by atoms with van der Waals surface area (Å²) < 4.78 is 0. The second-order valence-corrected chi connectivity index (χ2v) is 15.4. The van der Waals surface area contributed by atoms with E-state index in [0.29, 0.717) is 11.8 Å². The van der Waals surface area contributed by atoms with Gasteiger partial charge >= 0.3 is 0 Å². The number of nitriles is 1. The van der Waals surface area contributed by atoms with Gasteiger partial charge in [0, 0.05) is 37.3 Å². The number of amides is 1. The lowest BCUT2D eigenvalue weighted by Crippen LogP contribution is -2.66. The van der Waals surface area contributed by atoms with E-state index < -0.39 is 10.8 Å². The van der Waals surface area contributed by atoms with Gasteiger partial charge < -0.3 is 4.90 Å². The van der Waals surface area contributed by atoms with Crippen LogP contribution in [-0.4, -0.2) is 36.0 Å². The number of fused-ring (bicyclic) bond motifs is 7. The van der Waals surface area contributed by atoms with Crippen molar-refractivity contribution in [1.29, 1.82) is 5.26 Å². The maximum atomic E-state index is 14.6. The van der Waals surface area contributed by atoms with Gasteiger partial charge in [-0.25, -0.2) is 0 Å². The van der Waals surface area contributed by atoms with Gasteiger partial charge in [-0.15, -0.1) is 0 Å². The van der Waals surface area contributed by atoms with Gasteiger partial charge in [-0.1, -0.05) is 60.1 Å². The average Bonchev–Trinajstić information content (AvgIpc) is 2.86. The van der Waals surface area contributed by atoms with Crippen molar-refractivity contribution in [3.63, 3.8) is 0 Å². The van der Waals surface area contributed by atoms with Crippen LogP contribution >= 0.6 is 0 Å². The molecule has 3 fully saturated rings. The molecular weight excluding hydrogens is 484 g/mol. The molecule has 3 saturated carbocycles. The second kappa shape index (κ2) is 8.64. The van der Waals surface area contributed by atoms with E-state index in [-0.39, 0.29) is 57.0 Å². The molecule has 0 bridgehead atoms. The molecule has 5 rings (SSSR count). The summed E-state index contributed by atoms with van der Waals surface area (Å²) in [4.78, 5) is 42.1. The van der Waals surface area contributed by atoms with Crippen LogP contribution in [0.4, 0.5) is 0 Å². The molecule has 212 valence electrons. The lowest BCUT2D eigenvalue weighted by Gasteiger charge is -2.70. The molecule has 5 heteroatoms. The summed E-state index contributed by atoms with van der Waals surface area (Å²) in [5.74, 6) is 1.39. The summed E-state index contributed by atoms with van der Waals surface area (Å²) in [6, 6.07) is 2.20. The smallest absolute Gasteiger partial charge is 0.219 e. The van der Waals surface area contributed by atoms with E-state index in [2.05, 4.69) is 40.7 Å². The number of ketones is 2. The highest BCUT2D eigenvalue weighted by Crippen LogP contribution is 2.74. The first-order chi connectivity index (χ1) is 18.0. The van der Waals surface area contributed by atoms with Crippen molar-refractivity contribution in [3.8, 4) is 6.07 Å². The highest BCUT2D eigenvalue weighted by Gasteiger charge is 2.70. The van der Waals surface area contributed by atoms with Gasteiger partial charge in [-0.05, 0) is 84.5 Å². The zero-order valence-corrected chi connectivity index (χ0v) is 25.6. The monoisotopic (exact) mass is 532 g/mol. The highest BCUT2D eigenvalue weighted by molar-refractivity contribution is 6.04. The molecule has 39 heavy (non-hydrogen) atoms. The third-order valence-corrected chi connectivity index (χ3v) is 13.5. The lowest BCUT2D eigenvalue weighted by atomic mass is 9.34. The number of nitrogens with zero attached hydrogens (tertiary/aromatic N) is 2. The molecule has 0 spiro atoms. The van der Waals surface area contributed by atoms with E-state index in [9.17, 15) is 19.6 Å². The summed E-state index contributed by atoms with van der Waals surface area (Å²) in [6.45, 7) is 18.0. The Balaban J connectivity index is 1.68. The van der Waals surface area contributed by atoms with Crippen LogP contribution in [0.15, 0.2) is 23.3 Å². The fraction of sp³-hybridized carbons (Fsp3) is 0.765. The molecule has 0 radical (unpaired) electrons. The summed E-state index contributed by atoms with van der Waals surface area (Å²) in [5.41, 5.74) is -0.229. The van der Waals surface area contributed by atoms with Gasteiger partial charge in [0.25, 0.3) is 0 Å². The van der Waals surface area contributed by atoms with Crippen molar-refractivity contribution in [2.75, 3.05) is 13.6 Å². The van der Waals surface area contributed by atoms with E-state index in [1.807, 2.05) is 37.9 Å². The fourth-order valence-corrected chi connectivity index (χ4v) is 10.9. The van der Waals surface area contributed by atoms with E-state index in [0.717, 1.165) is 50.6 Å². The van der Waals surface area contributed by atoms with Crippen LogP contribution in [0.2, 0.25) is 0 Å². The Morgan fingerprint density at radius 1 is 1.05 bits per heavy atom. The van der Waals surface area contributed by atoms with Crippen LogP contribution in [-0.2, 0) is 14.4 Å². The van der Waals surface area contributed by atoms with Crippen LogP contribution in [0, 0.1) is 68.0 Å². The molecule has 1 amide bonds. The number of carbonyl (C=O) groups is 3. The number of Topliss-reactive ketones (excluding diaryl/α,β-unsaturated/α-hetero) is 1. The average molecular weight is 533 g/mol. The normalized spacial score (nSPS) is 46.4. The fourth-order valence-electron chi connectivity index (χ4n) is 10.9. The van der Waals surface area contributed by atoms with Crippen molar-refractivity contribution in [1.82, 2.24) is 4.90 Å². The van der Waals surface area contributed by atoms with Gasteiger partial charge in [0.1, 0.15) is 6.07 Å². The van der Waals surface area contributed by atoms with Crippen LogP contribution in [0.1, 0.15) is 93.9 Å². The SMILES string of the molecule is CC(=O)N(C)C[C@]12CC[C@@H](C)[C@H](C)[C@H]1[C@H]1C(=O)C=C3[C@@]4(C)C=C(C#N)C(=O)C(C)(C)[C@@H]4CC[C@@]3(C)[C@]1(C)CC2. The zero-order chi connectivity index (χ0) is 28.9. The first-order valence-electron chi connectivity index (χ1n) is 15.2. The minimum absolute atomic E-state index is 0.0396. The van der Waals surface area contributed by atoms with Gasteiger partial charge in [0.2, 0.25) is 5.91 Å². The van der Waals surface area contributed by atoms with Crippen molar-refractivity contribution in [2.45, 2.75) is 93.9 Å². The predicted molar refractivity (Wildman–Crippen MR) is 152 cm³/mol. The Morgan fingerprint density at radius 3 is 2.33 bits per heavy atom. The van der Waals surface area contributed by atoms with Gasteiger partial charge in [0.15, 0.2) is 11.6 Å². The van der Waals surface area contributed by atoms with Crippen molar-refractivity contribution in [2.24, 2.45) is 56.7 Å². The van der Waals surface area contributed by atoms with E-state index in [4.69, 9.17) is 0 Å². The topological polar surface area (TPSA) is 78.2 Å². The summed E-state index contributed by atoms with van der Waals surface area (Å²) >= 11 is 0. The first kappa shape index (κ1) is 28.3. The van der Waals surface area contributed by atoms with Crippen LogP contribution in [0.3, 0.4) is 0 Å². The maximum absolute atomic E-state index is 14.6. The number of hydrogen-bond donors (Lipinski definition) is 0. The van der Waals surface area contributed by atoms with Crippen LogP contribution in [0.5, 0.6) is 0 Å². The molecule has 0 aromatic rings. The second-order valence-electron chi connectivity index (χ2n) is 15.4. The predicted octanol–water partition coefficient (Wildman–Crippen LogP) is 6.54. The van der Waals surface area contributed by atoms with Crippen molar-refractivity contribution in [3.05, 3.63) is 23.3 Å². The molecule has 9 atom stereocenters. The largest absolute Gasteiger partial charge is 0.345 e. The van der Waals surface area contributed by atoms with Crippen LogP contribution < -0.4 is 0 Å². The Morgan fingerprint density at radius 2 is 1.72 bits per heavy atom. The minimum Gasteiger partial charge on any atom is -0.345 e. The lowest BCUT2D eigenvalue weighted by molar-refractivity contribution is -0.180. The number of allylic oxidation sites excluding steroid dienone is 4. The molecule has 5 nitrogen and oxygen atoms in total. The molecule has 0 heterocycles. The molecule has 0 N–H and O–H groups in total. The third kappa shape index (κ3) is 3.51. The molecule has 0 aliphatic heterocycles. The van der Waals surface area contributed by atoms with E-state index in [1.54, 1.807) is 6.92 Å². The Labute approximate surface area is 235 Å². The number of hydrogen-bond acceptors (Lipinski definition) is 4.